The van der Waals surface area contributed by atoms with Gasteiger partial charge in [0.15, 0.2) is 6.79 Å². The van der Waals surface area contributed by atoms with Gasteiger partial charge in [-0.1, -0.05) is 18.2 Å². The van der Waals surface area contributed by atoms with Crippen LogP contribution in [0, 0.1) is 0 Å². The van der Waals surface area contributed by atoms with Gasteiger partial charge in [0, 0.05) is 0 Å². The van der Waals surface area contributed by atoms with Crippen LogP contribution in [0.2, 0.25) is 0 Å². The third kappa shape index (κ3) is 5.43. The van der Waals surface area contributed by atoms with Crippen LogP contribution in [0.5, 0.6) is 5.75 Å². The summed E-state index contributed by atoms with van der Waals surface area (Å²) in [7, 11) is -9.65. The van der Waals surface area contributed by atoms with Gasteiger partial charge in [-0.05, 0) is 12.1 Å². The van der Waals surface area contributed by atoms with Gasteiger partial charge in [-0.3, -0.25) is 0 Å². The molecule has 0 spiro atoms. The van der Waals surface area contributed by atoms with E-state index in [1.165, 1.54) is 24.3 Å². The second kappa shape index (κ2) is 5.75. The normalized spacial score (nSPS) is 15.2. The Bertz CT molecular complexity index is 440. The van der Waals surface area contributed by atoms with Crippen LogP contribution in [0.1, 0.15) is 0 Å². The fourth-order valence-electron chi connectivity index (χ4n) is 0.878. The summed E-state index contributed by atoms with van der Waals surface area (Å²) < 4.78 is 35.0. The zero-order chi connectivity index (χ0) is 12.9. The lowest BCUT2D eigenvalue weighted by atomic mass is 10.3. The summed E-state index contributed by atoms with van der Waals surface area (Å²) in [6.45, 7) is -1.08. The van der Waals surface area contributed by atoms with Crippen molar-refractivity contribution < 1.29 is 37.4 Å². The number of phosphoric acid groups is 2. The lowest BCUT2D eigenvalue weighted by Gasteiger charge is -2.17. The molecule has 10 heteroatoms. The number of hydrogen-bond acceptors (Lipinski definition) is 6. The SMILES string of the molecule is O=P(O)(O)OP(=O)(OCO)Oc1ccccc1. The van der Waals surface area contributed by atoms with Gasteiger partial charge >= 0.3 is 15.6 Å². The van der Waals surface area contributed by atoms with E-state index >= 15 is 0 Å². The monoisotopic (exact) mass is 284 g/mol. The van der Waals surface area contributed by atoms with Crippen molar-refractivity contribution in [1.29, 1.82) is 0 Å². The molecule has 0 saturated carbocycles. The molecule has 96 valence electrons. The van der Waals surface area contributed by atoms with Crippen molar-refractivity contribution in [2.45, 2.75) is 0 Å². The van der Waals surface area contributed by atoms with E-state index in [0.717, 1.165) is 0 Å². The summed E-state index contributed by atoms with van der Waals surface area (Å²) in [5.74, 6) is 0.0118. The molecule has 1 rings (SSSR count). The van der Waals surface area contributed by atoms with E-state index in [0.29, 0.717) is 0 Å². The van der Waals surface area contributed by atoms with Gasteiger partial charge in [-0.25, -0.2) is 13.7 Å². The number of phosphoric ester groups is 1. The average molecular weight is 284 g/mol. The van der Waals surface area contributed by atoms with Gasteiger partial charge in [-0.15, -0.1) is 0 Å². The molecule has 1 atom stereocenters. The number of aliphatic hydroxyl groups excluding tert-OH is 1. The maximum Gasteiger partial charge on any atom is 0.541 e. The summed E-state index contributed by atoms with van der Waals surface area (Å²) in [6, 6.07) is 7.47. The van der Waals surface area contributed by atoms with E-state index in [1.54, 1.807) is 6.07 Å². The molecule has 1 aromatic rings. The maximum absolute atomic E-state index is 11.7. The Morgan fingerprint density at radius 2 is 1.71 bits per heavy atom. The summed E-state index contributed by atoms with van der Waals surface area (Å²) in [6.07, 6.45) is 0. The Balaban J connectivity index is 2.86. The fourth-order valence-corrected chi connectivity index (χ4v) is 2.82. The van der Waals surface area contributed by atoms with E-state index in [2.05, 4.69) is 13.4 Å². The van der Waals surface area contributed by atoms with Crippen LogP contribution in [-0.2, 0) is 18.0 Å². The molecule has 0 aliphatic heterocycles. The Hall–Kier alpha value is -0.720. The van der Waals surface area contributed by atoms with Gasteiger partial charge in [0.25, 0.3) is 0 Å². The van der Waals surface area contributed by atoms with Gasteiger partial charge in [0.1, 0.15) is 5.75 Å². The molecule has 0 aromatic heterocycles. The van der Waals surface area contributed by atoms with Crippen molar-refractivity contribution in [2.24, 2.45) is 0 Å². The van der Waals surface area contributed by atoms with Gasteiger partial charge < -0.3 is 19.4 Å². The summed E-state index contributed by atoms with van der Waals surface area (Å²) in [4.78, 5) is 17.1. The molecule has 0 fully saturated rings. The minimum atomic E-state index is -5.08. The predicted molar refractivity (Wildman–Crippen MR) is 56.0 cm³/mol. The molecule has 3 N–H and O–H groups in total. The lowest BCUT2D eigenvalue weighted by Crippen LogP contribution is -2.02. The highest BCUT2D eigenvalue weighted by atomic mass is 31.3. The van der Waals surface area contributed by atoms with Crippen LogP contribution in [-0.4, -0.2) is 21.7 Å². The molecular formula is C7H10O8P2. The summed E-state index contributed by atoms with van der Waals surface area (Å²) in [5, 5.41) is 8.47. The molecule has 1 aromatic carbocycles. The van der Waals surface area contributed by atoms with Crippen molar-refractivity contribution in [3.63, 3.8) is 0 Å². The minimum absolute atomic E-state index is 0.0118. The number of hydrogen-bond donors (Lipinski definition) is 3. The highest BCUT2D eigenvalue weighted by Gasteiger charge is 2.37. The number of benzene rings is 1. The van der Waals surface area contributed by atoms with Crippen LogP contribution in [0.25, 0.3) is 0 Å². The quantitative estimate of drug-likeness (QED) is 0.526. The average Bonchev–Trinajstić information content (AvgIpc) is 2.15. The highest BCUT2D eigenvalue weighted by molar-refractivity contribution is 7.61. The van der Waals surface area contributed by atoms with Crippen molar-refractivity contribution in [1.82, 2.24) is 0 Å². The first-order chi connectivity index (χ1) is 7.85. The minimum Gasteiger partial charge on any atom is -0.404 e. The van der Waals surface area contributed by atoms with Crippen molar-refractivity contribution >= 4 is 15.6 Å². The molecule has 0 aliphatic carbocycles. The molecule has 0 aliphatic rings. The van der Waals surface area contributed by atoms with Gasteiger partial charge in [0.05, 0.1) is 0 Å². The number of para-hydroxylation sites is 1. The van der Waals surface area contributed by atoms with E-state index in [1.807, 2.05) is 0 Å². The first kappa shape index (κ1) is 14.3. The second-order valence-corrected chi connectivity index (χ2v) is 5.65. The standard InChI is InChI=1S/C7H10O8P2/c8-6-13-17(12,15-16(9,10)11)14-7-4-2-1-3-5-7/h1-5,8H,6H2,(H2,9,10,11). The highest BCUT2D eigenvalue weighted by Crippen LogP contribution is 2.60. The second-order valence-electron chi connectivity index (χ2n) is 2.68. The zero-order valence-electron chi connectivity index (χ0n) is 8.37. The number of aliphatic hydroxyl groups is 1. The van der Waals surface area contributed by atoms with Gasteiger partial charge in [0.2, 0.25) is 0 Å². The van der Waals surface area contributed by atoms with Crippen molar-refractivity contribution in [3.05, 3.63) is 30.3 Å². The van der Waals surface area contributed by atoms with Crippen LogP contribution < -0.4 is 4.52 Å². The Kier molecular flexibility index (Phi) is 4.85. The fraction of sp³-hybridized carbons (Fsp3) is 0.143. The Morgan fingerprint density at radius 3 is 2.18 bits per heavy atom. The molecule has 0 bridgehead atoms. The van der Waals surface area contributed by atoms with E-state index in [9.17, 15) is 9.13 Å². The molecule has 0 amide bonds. The molecule has 17 heavy (non-hydrogen) atoms. The van der Waals surface area contributed by atoms with E-state index < -0.39 is 22.4 Å². The molecule has 1 unspecified atom stereocenters. The van der Waals surface area contributed by atoms with Gasteiger partial charge in [-0.2, -0.15) is 4.31 Å². The lowest BCUT2D eigenvalue weighted by molar-refractivity contribution is 0.0673. The first-order valence-electron chi connectivity index (χ1n) is 4.22. The molecule has 0 heterocycles. The molecular weight excluding hydrogens is 274 g/mol. The van der Waals surface area contributed by atoms with E-state index in [4.69, 9.17) is 14.9 Å². The summed E-state index contributed by atoms with van der Waals surface area (Å²) in [5.41, 5.74) is 0. The molecule has 0 radical (unpaired) electrons. The van der Waals surface area contributed by atoms with Crippen LogP contribution in [0.3, 0.4) is 0 Å². The van der Waals surface area contributed by atoms with Crippen LogP contribution in [0.4, 0.5) is 0 Å². The first-order valence-corrected chi connectivity index (χ1v) is 7.21. The van der Waals surface area contributed by atoms with Crippen LogP contribution >= 0.6 is 15.6 Å². The number of rotatable bonds is 6. The summed E-state index contributed by atoms with van der Waals surface area (Å²) >= 11 is 0. The van der Waals surface area contributed by atoms with Crippen molar-refractivity contribution in [3.8, 4) is 5.75 Å². The Labute approximate surface area is 96.6 Å². The zero-order valence-corrected chi connectivity index (χ0v) is 10.2. The third-order valence-electron chi connectivity index (χ3n) is 1.38. The van der Waals surface area contributed by atoms with E-state index in [-0.39, 0.29) is 5.75 Å². The van der Waals surface area contributed by atoms with Crippen LogP contribution in [0.15, 0.2) is 30.3 Å². The largest absolute Gasteiger partial charge is 0.541 e. The smallest absolute Gasteiger partial charge is 0.404 e. The maximum atomic E-state index is 11.7. The third-order valence-corrected chi connectivity index (χ3v) is 3.90. The topological polar surface area (TPSA) is 123 Å². The molecule has 0 saturated heterocycles. The molecule has 8 nitrogen and oxygen atoms in total. The predicted octanol–water partition coefficient (Wildman–Crippen LogP) is 1.25. The Morgan fingerprint density at radius 1 is 1.12 bits per heavy atom. The van der Waals surface area contributed by atoms with Crippen molar-refractivity contribution in [2.75, 3.05) is 6.79 Å².